The number of nitrogens with one attached hydrogen (secondary N) is 2. The number of carbonyl (C=O) groups is 1. The van der Waals surface area contributed by atoms with Gasteiger partial charge in [-0.1, -0.05) is 12.2 Å². The van der Waals surface area contributed by atoms with Crippen molar-refractivity contribution < 1.29 is 9.90 Å². The standard InChI is InChI=1S/C14H22N2O2/c17-8-12-9-5-6-10(7-9)13(12)16-14(18)15-11-3-1-2-4-11/h1-2,9-13,17H,3-8H2,(H2,15,16,18). The van der Waals surface area contributed by atoms with Crippen LogP contribution in [0.5, 0.6) is 0 Å². The third kappa shape index (κ3) is 2.14. The third-order valence-electron chi connectivity index (χ3n) is 4.94. The Morgan fingerprint density at radius 1 is 1.17 bits per heavy atom. The normalized spacial score (nSPS) is 38.3. The van der Waals surface area contributed by atoms with Crippen molar-refractivity contribution in [2.75, 3.05) is 6.61 Å². The first-order valence-corrected chi connectivity index (χ1v) is 7.11. The Balaban J connectivity index is 1.53. The number of carbonyl (C=O) groups excluding carboxylic acids is 1. The molecule has 2 fully saturated rings. The summed E-state index contributed by atoms with van der Waals surface area (Å²) in [6, 6.07) is 0.388. The molecule has 4 unspecified atom stereocenters. The van der Waals surface area contributed by atoms with Crippen LogP contribution in [-0.2, 0) is 0 Å². The fraction of sp³-hybridized carbons (Fsp3) is 0.786. The molecule has 4 nitrogen and oxygen atoms in total. The number of amides is 2. The molecular weight excluding hydrogens is 228 g/mol. The van der Waals surface area contributed by atoms with Crippen LogP contribution >= 0.6 is 0 Å². The van der Waals surface area contributed by atoms with Gasteiger partial charge in [0.2, 0.25) is 0 Å². The molecule has 2 amide bonds. The monoisotopic (exact) mass is 250 g/mol. The number of aliphatic hydroxyl groups excluding tert-OH is 1. The molecule has 0 aromatic carbocycles. The first-order valence-electron chi connectivity index (χ1n) is 7.11. The van der Waals surface area contributed by atoms with E-state index >= 15 is 0 Å². The van der Waals surface area contributed by atoms with Gasteiger partial charge in [-0.05, 0) is 43.9 Å². The van der Waals surface area contributed by atoms with E-state index in [9.17, 15) is 9.90 Å². The van der Waals surface area contributed by atoms with Gasteiger partial charge >= 0.3 is 6.03 Å². The molecule has 4 atom stereocenters. The van der Waals surface area contributed by atoms with Gasteiger partial charge < -0.3 is 15.7 Å². The molecule has 0 radical (unpaired) electrons. The summed E-state index contributed by atoms with van der Waals surface area (Å²) in [6.45, 7) is 0.205. The van der Waals surface area contributed by atoms with E-state index in [4.69, 9.17) is 0 Å². The summed E-state index contributed by atoms with van der Waals surface area (Å²) in [5.74, 6) is 1.48. The number of fused-ring (bicyclic) bond motifs is 2. The van der Waals surface area contributed by atoms with Crippen LogP contribution in [0.25, 0.3) is 0 Å². The SMILES string of the molecule is O=C(NC1CC=CC1)NC1C2CCC(C2)C1CO. The van der Waals surface area contributed by atoms with E-state index in [1.165, 1.54) is 19.3 Å². The lowest BCUT2D eigenvalue weighted by Crippen LogP contribution is -2.50. The maximum atomic E-state index is 12.0. The molecular formula is C14H22N2O2. The highest BCUT2D eigenvalue weighted by Gasteiger charge is 2.47. The Morgan fingerprint density at radius 2 is 1.89 bits per heavy atom. The van der Waals surface area contributed by atoms with Crippen LogP contribution in [-0.4, -0.2) is 29.8 Å². The Bertz CT molecular complexity index is 348. The lowest BCUT2D eigenvalue weighted by Gasteiger charge is -2.30. The molecule has 0 aliphatic heterocycles. The van der Waals surface area contributed by atoms with Crippen LogP contribution in [0.2, 0.25) is 0 Å². The number of hydrogen-bond acceptors (Lipinski definition) is 2. The summed E-state index contributed by atoms with van der Waals surface area (Å²) >= 11 is 0. The van der Waals surface area contributed by atoms with E-state index < -0.39 is 0 Å². The van der Waals surface area contributed by atoms with Gasteiger partial charge in [-0.3, -0.25) is 0 Å². The Morgan fingerprint density at radius 3 is 2.61 bits per heavy atom. The molecule has 2 saturated carbocycles. The molecule has 0 saturated heterocycles. The highest BCUT2D eigenvalue weighted by atomic mass is 16.3. The van der Waals surface area contributed by atoms with Crippen LogP contribution in [0, 0.1) is 17.8 Å². The zero-order valence-corrected chi connectivity index (χ0v) is 10.6. The number of hydrogen-bond donors (Lipinski definition) is 3. The minimum Gasteiger partial charge on any atom is -0.396 e. The fourth-order valence-corrected chi connectivity index (χ4v) is 4.01. The zero-order valence-electron chi connectivity index (χ0n) is 10.6. The van der Waals surface area contributed by atoms with Crippen molar-refractivity contribution in [2.24, 2.45) is 17.8 Å². The molecule has 100 valence electrons. The van der Waals surface area contributed by atoms with Crippen LogP contribution in [0.15, 0.2) is 12.2 Å². The second-order valence-corrected chi connectivity index (χ2v) is 5.96. The van der Waals surface area contributed by atoms with Gasteiger partial charge in [0.25, 0.3) is 0 Å². The largest absolute Gasteiger partial charge is 0.396 e. The minimum absolute atomic E-state index is 0.0558. The lowest BCUT2D eigenvalue weighted by molar-refractivity contribution is 0.144. The fourth-order valence-electron chi connectivity index (χ4n) is 4.01. The number of urea groups is 1. The van der Waals surface area contributed by atoms with Crippen LogP contribution in [0.4, 0.5) is 4.79 Å². The van der Waals surface area contributed by atoms with E-state index in [1.54, 1.807) is 0 Å². The minimum atomic E-state index is -0.0558. The smallest absolute Gasteiger partial charge is 0.315 e. The Hall–Kier alpha value is -1.03. The van der Waals surface area contributed by atoms with Gasteiger partial charge in [0, 0.05) is 24.6 Å². The van der Waals surface area contributed by atoms with Crippen molar-refractivity contribution in [3.8, 4) is 0 Å². The molecule has 0 aromatic rings. The van der Waals surface area contributed by atoms with Crippen LogP contribution in [0.3, 0.4) is 0 Å². The van der Waals surface area contributed by atoms with Gasteiger partial charge in [0.05, 0.1) is 0 Å². The highest BCUT2D eigenvalue weighted by Crippen LogP contribution is 2.48. The van der Waals surface area contributed by atoms with Crippen molar-refractivity contribution in [1.29, 1.82) is 0 Å². The summed E-state index contributed by atoms with van der Waals surface area (Å²) in [5, 5.41) is 15.6. The molecule has 3 aliphatic rings. The molecule has 2 bridgehead atoms. The van der Waals surface area contributed by atoms with Gasteiger partial charge in [-0.15, -0.1) is 0 Å². The van der Waals surface area contributed by atoms with Crippen molar-refractivity contribution in [1.82, 2.24) is 10.6 Å². The predicted molar refractivity (Wildman–Crippen MR) is 69.0 cm³/mol. The quantitative estimate of drug-likeness (QED) is 0.663. The second-order valence-electron chi connectivity index (χ2n) is 5.96. The Labute approximate surface area is 108 Å². The van der Waals surface area contributed by atoms with E-state index in [0.717, 1.165) is 12.8 Å². The van der Waals surface area contributed by atoms with Crippen molar-refractivity contribution in [3.63, 3.8) is 0 Å². The molecule has 3 aliphatic carbocycles. The molecule has 0 aromatic heterocycles. The van der Waals surface area contributed by atoms with Crippen molar-refractivity contribution in [3.05, 3.63) is 12.2 Å². The maximum absolute atomic E-state index is 12.0. The first-order chi connectivity index (χ1) is 8.78. The number of rotatable bonds is 3. The topological polar surface area (TPSA) is 61.4 Å². The summed E-state index contributed by atoms with van der Waals surface area (Å²) in [5.41, 5.74) is 0. The molecule has 4 heteroatoms. The lowest BCUT2D eigenvalue weighted by atomic mass is 9.85. The van der Waals surface area contributed by atoms with Gasteiger partial charge in [0.1, 0.15) is 0 Å². The molecule has 3 rings (SSSR count). The number of aliphatic hydroxyl groups is 1. The molecule has 0 spiro atoms. The van der Waals surface area contributed by atoms with E-state index in [-0.39, 0.29) is 30.6 Å². The average molecular weight is 250 g/mol. The highest BCUT2D eigenvalue weighted by molar-refractivity contribution is 5.74. The van der Waals surface area contributed by atoms with Crippen LogP contribution in [0.1, 0.15) is 32.1 Å². The Kier molecular flexibility index (Phi) is 3.29. The second kappa shape index (κ2) is 4.92. The summed E-state index contributed by atoms with van der Waals surface area (Å²) in [6.07, 6.45) is 9.71. The van der Waals surface area contributed by atoms with Crippen LogP contribution < -0.4 is 10.6 Å². The van der Waals surface area contributed by atoms with Gasteiger partial charge in [-0.2, -0.15) is 0 Å². The maximum Gasteiger partial charge on any atom is 0.315 e. The summed E-state index contributed by atoms with van der Waals surface area (Å²) in [4.78, 5) is 12.0. The van der Waals surface area contributed by atoms with E-state index in [2.05, 4.69) is 22.8 Å². The molecule has 3 N–H and O–H groups in total. The molecule has 18 heavy (non-hydrogen) atoms. The summed E-state index contributed by atoms with van der Waals surface area (Å²) < 4.78 is 0. The van der Waals surface area contributed by atoms with Gasteiger partial charge in [0.15, 0.2) is 0 Å². The summed E-state index contributed by atoms with van der Waals surface area (Å²) in [7, 11) is 0. The van der Waals surface area contributed by atoms with E-state index in [1.807, 2.05) is 0 Å². The molecule has 0 heterocycles. The van der Waals surface area contributed by atoms with E-state index in [0.29, 0.717) is 11.8 Å². The van der Waals surface area contributed by atoms with Crippen molar-refractivity contribution >= 4 is 6.03 Å². The third-order valence-corrected chi connectivity index (χ3v) is 4.94. The predicted octanol–water partition coefficient (Wildman–Crippen LogP) is 1.41. The van der Waals surface area contributed by atoms with Gasteiger partial charge in [-0.25, -0.2) is 4.79 Å². The average Bonchev–Trinajstić information content (AvgIpc) is 3.04. The van der Waals surface area contributed by atoms with Crippen molar-refractivity contribution in [2.45, 2.75) is 44.2 Å². The zero-order chi connectivity index (χ0) is 12.5. The first kappa shape index (κ1) is 12.0.